The molecule has 1 saturated heterocycles. The van der Waals surface area contributed by atoms with Crippen molar-refractivity contribution < 1.29 is 4.79 Å². The first kappa shape index (κ1) is 26.0. The number of hydrogen-bond donors (Lipinski definition) is 1. The van der Waals surface area contributed by atoms with Gasteiger partial charge in [0.25, 0.3) is 0 Å². The third-order valence-corrected chi connectivity index (χ3v) is 6.13. The van der Waals surface area contributed by atoms with Crippen molar-refractivity contribution >= 4 is 17.7 Å². The van der Waals surface area contributed by atoms with E-state index >= 15 is 0 Å². The van der Waals surface area contributed by atoms with Gasteiger partial charge in [0.2, 0.25) is 5.91 Å². The standard InChI is InChI=1S/C26H38N2OS/c1-8-12-17-30-25(11-4)23(10-3)19-24(20(5)9-2)18-21(6)27-26(29)22(7)28-15-13-14-16-28/h9-12,17-19,22H,2,5,8,13-16H2,1,3-4,6-7H3,(H,27,29)/b17-12+,21-18+,23-10+,24-19-,25-11-. The number of nitrogens with zero attached hydrogens (tertiary/aromatic N) is 1. The zero-order valence-corrected chi connectivity index (χ0v) is 20.1. The molecule has 0 bridgehead atoms. The van der Waals surface area contributed by atoms with Gasteiger partial charge < -0.3 is 5.32 Å². The monoisotopic (exact) mass is 426 g/mol. The molecule has 3 nitrogen and oxygen atoms in total. The smallest absolute Gasteiger partial charge is 0.241 e. The minimum atomic E-state index is -0.117. The summed E-state index contributed by atoms with van der Waals surface area (Å²) < 4.78 is 0. The summed E-state index contributed by atoms with van der Waals surface area (Å²) in [5.74, 6) is 0.0369. The van der Waals surface area contributed by atoms with E-state index in [-0.39, 0.29) is 11.9 Å². The Bertz CT molecular complexity index is 762. The van der Waals surface area contributed by atoms with Gasteiger partial charge in [-0.1, -0.05) is 56.1 Å². The van der Waals surface area contributed by atoms with Crippen molar-refractivity contribution in [2.75, 3.05) is 13.1 Å². The third kappa shape index (κ3) is 8.37. The fraction of sp³-hybridized carbons (Fsp3) is 0.423. The van der Waals surface area contributed by atoms with Crippen LogP contribution in [0.2, 0.25) is 0 Å². The minimum Gasteiger partial charge on any atom is -0.329 e. The van der Waals surface area contributed by atoms with E-state index in [1.165, 1.54) is 17.7 Å². The van der Waals surface area contributed by atoms with Crippen LogP contribution in [0, 0.1) is 0 Å². The summed E-state index contributed by atoms with van der Waals surface area (Å²) in [6.45, 7) is 20.1. The molecule has 0 aromatic carbocycles. The van der Waals surface area contributed by atoms with Gasteiger partial charge in [-0.05, 0) is 94.3 Å². The number of nitrogens with one attached hydrogen (secondary N) is 1. The molecule has 0 aromatic heterocycles. The molecule has 1 atom stereocenters. The maximum Gasteiger partial charge on any atom is 0.241 e. The van der Waals surface area contributed by atoms with Gasteiger partial charge >= 0.3 is 0 Å². The number of carbonyl (C=O) groups excluding carboxylic acids is 1. The van der Waals surface area contributed by atoms with E-state index in [0.717, 1.165) is 41.9 Å². The summed E-state index contributed by atoms with van der Waals surface area (Å²) in [7, 11) is 0. The topological polar surface area (TPSA) is 32.3 Å². The van der Waals surface area contributed by atoms with Crippen molar-refractivity contribution in [1.29, 1.82) is 0 Å². The van der Waals surface area contributed by atoms with Crippen LogP contribution in [0.15, 0.2) is 82.3 Å². The second-order valence-electron chi connectivity index (χ2n) is 7.36. The van der Waals surface area contributed by atoms with Crippen LogP contribution in [0.1, 0.15) is 53.9 Å². The van der Waals surface area contributed by atoms with Crippen molar-refractivity contribution in [2.24, 2.45) is 0 Å². The van der Waals surface area contributed by atoms with Crippen LogP contribution in [0.5, 0.6) is 0 Å². The number of likely N-dealkylation sites (tertiary alicyclic amines) is 1. The van der Waals surface area contributed by atoms with E-state index in [1.54, 1.807) is 17.8 Å². The zero-order chi connectivity index (χ0) is 22.5. The fourth-order valence-corrected chi connectivity index (χ4v) is 4.08. The first-order valence-electron chi connectivity index (χ1n) is 10.8. The Labute approximate surface area is 188 Å². The molecule has 1 aliphatic rings. The summed E-state index contributed by atoms with van der Waals surface area (Å²) >= 11 is 1.70. The van der Waals surface area contributed by atoms with Crippen LogP contribution >= 0.6 is 11.8 Å². The van der Waals surface area contributed by atoms with Crippen LogP contribution in [0.4, 0.5) is 0 Å². The normalized spacial score (nSPS) is 18.0. The lowest BCUT2D eigenvalue weighted by molar-refractivity contribution is -0.124. The van der Waals surface area contributed by atoms with Gasteiger partial charge in [-0.25, -0.2) is 0 Å². The Morgan fingerprint density at radius 3 is 2.37 bits per heavy atom. The Morgan fingerprint density at radius 1 is 1.17 bits per heavy atom. The van der Waals surface area contributed by atoms with Crippen molar-refractivity contribution in [3.05, 3.63) is 82.3 Å². The Morgan fingerprint density at radius 2 is 1.83 bits per heavy atom. The van der Waals surface area contributed by atoms with Gasteiger partial charge in [0.1, 0.15) is 0 Å². The lowest BCUT2D eigenvalue weighted by Gasteiger charge is -2.23. The number of thioether (sulfide) groups is 1. The summed E-state index contributed by atoms with van der Waals surface area (Å²) in [5.41, 5.74) is 3.67. The highest BCUT2D eigenvalue weighted by molar-refractivity contribution is 8.06. The molecule has 1 aliphatic heterocycles. The maximum absolute atomic E-state index is 12.7. The highest BCUT2D eigenvalue weighted by Crippen LogP contribution is 2.28. The third-order valence-electron chi connectivity index (χ3n) is 5.07. The molecule has 1 rings (SSSR count). The highest BCUT2D eigenvalue weighted by atomic mass is 32.2. The molecular formula is C26H38N2OS. The number of allylic oxidation sites excluding steroid dienone is 10. The van der Waals surface area contributed by atoms with Gasteiger partial charge in [-0.3, -0.25) is 9.69 Å². The van der Waals surface area contributed by atoms with E-state index in [4.69, 9.17) is 0 Å². The van der Waals surface area contributed by atoms with Crippen molar-refractivity contribution in [1.82, 2.24) is 10.2 Å². The first-order valence-corrected chi connectivity index (χ1v) is 11.7. The number of amides is 1. The molecule has 0 aliphatic carbocycles. The molecule has 1 heterocycles. The van der Waals surface area contributed by atoms with Gasteiger partial charge in [0.15, 0.2) is 0 Å². The fourth-order valence-electron chi connectivity index (χ4n) is 3.19. The van der Waals surface area contributed by atoms with Gasteiger partial charge in [-0.2, -0.15) is 0 Å². The van der Waals surface area contributed by atoms with Gasteiger partial charge in [0.05, 0.1) is 6.04 Å². The summed E-state index contributed by atoms with van der Waals surface area (Å²) in [4.78, 5) is 16.1. The average molecular weight is 427 g/mol. The van der Waals surface area contributed by atoms with Gasteiger partial charge in [0, 0.05) is 10.6 Å². The van der Waals surface area contributed by atoms with E-state index in [2.05, 4.69) is 60.0 Å². The SMILES string of the molecule is C=CC(=C)C(=C\C(=C/C)C(=C\C)\S/C=C/CC)/C=C(\C)NC(=O)C(C)N1CCCC1. The second kappa shape index (κ2) is 14.1. The lowest BCUT2D eigenvalue weighted by Crippen LogP contribution is -2.43. The molecule has 1 amide bonds. The zero-order valence-electron chi connectivity index (χ0n) is 19.3. The first-order chi connectivity index (χ1) is 14.4. The van der Waals surface area contributed by atoms with Crippen LogP contribution in [0.25, 0.3) is 0 Å². The molecule has 1 unspecified atom stereocenters. The number of rotatable bonds is 11. The maximum atomic E-state index is 12.7. The molecule has 1 N–H and O–H groups in total. The molecule has 0 saturated carbocycles. The molecule has 0 spiro atoms. The predicted octanol–water partition coefficient (Wildman–Crippen LogP) is 6.67. The molecule has 164 valence electrons. The summed E-state index contributed by atoms with van der Waals surface area (Å²) in [5, 5.41) is 5.18. The molecular weight excluding hydrogens is 388 g/mol. The molecule has 30 heavy (non-hydrogen) atoms. The summed E-state index contributed by atoms with van der Waals surface area (Å²) in [6, 6.07) is -0.117. The van der Waals surface area contributed by atoms with Crippen LogP contribution < -0.4 is 5.32 Å². The van der Waals surface area contributed by atoms with E-state index < -0.39 is 0 Å². The van der Waals surface area contributed by atoms with Crippen LogP contribution in [0.3, 0.4) is 0 Å². The average Bonchev–Trinajstić information content (AvgIpc) is 3.28. The largest absolute Gasteiger partial charge is 0.329 e. The summed E-state index contributed by atoms with van der Waals surface area (Å²) in [6.07, 6.45) is 15.5. The Kier molecular flexibility index (Phi) is 12.2. The molecule has 1 fully saturated rings. The van der Waals surface area contributed by atoms with Crippen molar-refractivity contribution in [3.63, 3.8) is 0 Å². The minimum absolute atomic E-state index is 0.0369. The molecule has 0 aromatic rings. The van der Waals surface area contributed by atoms with Gasteiger partial charge in [-0.15, -0.1) is 0 Å². The second-order valence-corrected chi connectivity index (χ2v) is 8.31. The quantitative estimate of drug-likeness (QED) is 0.375. The van der Waals surface area contributed by atoms with Crippen molar-refractivity contribution in [2.45, 2.75) is 59.9 Å². The Hall–Kier alpha value is -2.04. The van der Waals surface area contributed by atoms with E-state index in [9.17, 15) is 4.79 Å². The predicted molar refractivity (Wildman–Crippen MR) is 134 cm³/mol. The van der Waals surface area contributed by atoms with Crippen LogP contribution in [-0.4, -0.2) is 29.9 Å². The number of carbonyl (C=O) groups is 1. The van der Waals surface area contributed by atoms with E-state index in [0.29, 0.717) is 0 Å². The molecule has 0 radical (unpaired) electrons. The lowest BCUT2D eigenvalue weighted by atomic mass is 10.0. The van der Waals surface area contributed by atoms with E-state index in [1.807, 2.05) is 33.8 Å². The number of hydrogen-bond acceptors (Lipinski definition) is 3. The molecule has 4 heteroatoms. The van der Waals surface area contributed by atoms with Crippen molar-refractivity contribution in [3.8, 4) is 0 Å². The highest BCUT2D eigenvalue weighted by Gasteiger charge is 2.23. The Balaban J connectivity index is 3.05. The van der Waals surface area contributed by atoms with Crippen LogP contribution in [-0.2, 0) is 4.79 Å².